The van der Waals surface area contributed by atoms with E-state index in [1.807, 2.05) is 0 Å². The van der Waals surface area contributed by atoms with Gasteiger partial charge in [0.15, 0.2) is 17.1 Å². The number of piperidine rings is 1. The molecule has 0 saturated carbocycles. The number of aromatic nitrogens is 5. The highest BCUT2D eigenvalue weighted by Crippen LogP contribution is 2.32. The van der Waals surface area contributed by atoms with Crippen LogP contribution in [0.5, 0.6) is 5.75 Å². The summed E-state index contributed by atoms with van der Waals surface area (Å²) in [6.45, 7) is 2.74. The van der Waals surface area contributed by atoms with Crippen molar-refractivity contribution in [2.45, 2.75) is 25.3 Å². The quantitative estimate of drug-likeness (QED) is 0.305. The Morgan fingerprint density at radius 1 is 1.18 bits per heavy atom. The second-order valence-corrected chi connectivity index (χ2v) is 10.1. The molecule has 198 valence electrons. The van der Waals surface area contributed by atoms with Gasteiger partial charge in [-0.15, -0.1) is 5.10 Å². The first-order chi connectivity index (χ1) is 18.5. The van der Waals surface area contributed by atoms with Crippen LogP contribution in [0.2, 0.25) is 0 Å². The lowest BCUT2D eigenvalue weighted by Crippen LogP contribution is -2.36. The number of nitrogens with zero attached hydrogens (tertiary/aromatic N) is 6. The van der Waals surface area contributed by atoms with E-state index in [2.05, 4.69) is 20.0 Å². The number of benzene rings is 1. The molecular formula is C25H26FN7O4S. The van der Waals surface area contributed by atoms with Crippen molar-refractivity contribution in [1.29, 1.82) is 0 Å². The molecule has 3 N–H and O–H groups in total. The van der Waals surface area contributed by atoms with Crippen molar-refractivity contribution in [2.24, 2.45) is 0 Å². The summed E-state index contributed by atoms with van der Waals surface area (Å²) < 4.78 is 29.1. The number of hydrogen-bond donors (Lipinski definition) is 2. The Labute approximate surface area is 219 Å². The van der Waals surface area contributed by atoms with Crippen molar-refractivity contribution >= 4 is 33.3 Å². The van der Waals surface area contributed by atoms with Gasteiger partial charge in [0.05, 0.1) is 12.9 Å². The predicted octanol–water partition coefficient (Wildman–Crippen LogP) is 2.73. The minimum atomic E-state index is -0.241. The fourth-order valence-electron chi connectivity index (χ4n) is 4.93. The van der Waals surface area contributed by atoms with E-state index in [0.29, 0.717) is 52.0 Å². The van der Waals surface area contributed by atoms with Gasteiger partial charge in [-0.2, -0.15) is 9.50 Å². The Morgan fingerprint density at radius 3 is 2.79 bits per heavy atom. The minimum Gasteiger partial charge on any atom is -0.491 e. The van der Waals surface area contributed by atoms with Gasteiger partial charge < -0.3 is 24.9 Å². The lowest BCUT2D eigenvalue weighted by atomic mass is 9.89. The number of thiazole rings is 1. The first-order valence-corrected chi connectivity index (χ1v) is 13.2. The molecular weight excluding hydrogens is 513 g/mol. The molecule has 0 radical (unpaired) electrons. The van der Waals surface area contributed by atoms with Crippen LogP contribution in [-0.2, 0) is 6.54 Å². The summed E-state index contributed by atoms with van der Waals surface area (Å²) in [5.41, 5.74) is 7.77. The Morgan fingerprint density at radius 2 is 2.03 bits per heavy atom. The van der Waals surface area contributed by atoms with E-state index in [1.54, 1.807) is 28.8 Å². The summed E-state index contributed by atoms with van der Waals surface area (Å²) in [6.07, 6.45) is 3.12. The number of hydrogen-bond acceptors (Lipinski definition) is 10. The lowest BCUT2D eigenvalue weighted by Gasteiger charge is -2.32. The zero-order valence-electron chi connectivity index (χ0n) is 20.4. The van der Waals surface area contributed by atoms with Crippen molar-refractivity contribution in [2.75, 3.05) is 38.6 Å². The molecule has 1 aliphatic heterocycles. The molecule has 1 saturated heterocycles. The van der Waals surface area contributed by atoms with Crippen LogP contribution in [0, 0.1) is 5.82 Å². The summed E-state index contributed by atoms with van der Waals surface area (Å²) in [5, 5.41) is 13.4. The van der Waals surface area contributed by atoms with E-state index in [0.717, 1.165) is 37.3 Å². The van der Waals surface area contributed by atoms with E-state index in [4.69, 9.17) is 20.0 Å². The highest BCUT2D eigenvalue weighted by atomic mass is 32.1. The molecule has 38 heavy (non-hydrogen) atoms. The number of likely N-dealkylation sites (tertiary alicyclic amines) is 1. The largest absolute Gasteiger partial charge is 0.491 e. The maximum atomic E-state index is 14.5. The number of aliphatic hydroxyl groups excluding tert-OH is 1. The van der Waals surface area contributed by atoms with Crippen LogP contribution in [0.15, 0.2) is 45.8 Å². The molecule has 11 nitrogen and oxygen atoms in total. The first-order valence-electron chi connectivity index (χ1n) is 12.4. The lowest BCUT2D eigenvalue weighted by molar-refractivity contribution is 0.198. The normalized spacial score (nSPS) is 15.1. The van der Waals surface area contributed by atoms with Gasteiger partial charge in [-0.25, -0.2) is 9.37 Å². The Hall–Kier alpha value is -3.81. The maximum Gasteiger partial charge on any atom is 0.309 e. The average Bonchev–Trinajstić information content (AvgIpc) is 3.67. The Kier molecular flexibility index (Phi) is 6.55. The number of furan rings is 1. The Bertz CT molecular complexity index is 1640. The number of nitrogens with two attached hydrogens (primary N) is 1. The summed E-state index contributed by atoms with van der Waals surface area (Å²) in [4.78, 5) is 24.1. The number of ether oxygens (including phenoxy) is 1. The smallest absolute Gasteiger partial charge is 0.309 e. The summed E-state index contributed by atoms with van der Waals surface area (Å²) in [7, 11) is 0. The van der Waals surface area contributed by atoms with Crippen molar-refractivity contribution in [1.82, 2.24) is 29.0 Å². The van der Waals surface area contributed by atoms with E-state index < -0.39 is 0 Å². The van der Waals surface area contributed by atoms with E-state index in [9.17, 15) is 9.18 Å². The molecule has 1 aromatic carbocycles. The SMILES string of the molecule is Nc1nc2c(sc(=O)n2CCN2CCC(c3cc(OCCO)ccc3F)CC2)c2nc(-c3ccco3)nn12. The zero-order chi connectivity index (χ0) is 26.2. The number of anilines is 1. The van der Waals surface area contributed by atoms with Crippen molar-refractivity contribution < 1.29 is 18.7 Å². The Balaban J connectivity index is 1.16. The van der Waals surface area contributed by atoms with Crippen LogP contribution in [0.4, 0.5) is 10.3 Å². The molecule has 1 fully saturated rings. The van der Waals surface area contributed by atoms with Gasteiger partial charge in [-0.1, -0.05) is 11.3 Å². The predicted molar refractivity (Wildman–Crippen MR) is 140 cm³/mol. The highest BCUT2D eigenvalue weighted by Gasteiger charge is 2.24. The van der Waals surface area contributed by atoms with E-state index in [1.165, 1.54) is 16.8 Å². The molecule has 5 heterocycles. The average molecular weight is 540 g/mol. The van der Waals surface area contributed by atoms with Gasteiger partial charge in [-0.3, -0.25) is 9.36 Å². The molecule has 1 aliphatic rings. The van der Waals surface area contributed by atoms with Gasteiger partial charge in [0.25, 0.3) is 0 Å². The monoisotopic (exact) mass is 539 g/mol. The molecule has 13 heteroatoms. The van der Waals surface area contributed by atoms with Crippen molar-refractivity contribution in [3.63, 3.8) is 0 Å². The zero-order valence-corrected chi connectivity index (χ0v) is 21.2. The highest BCUT2D eigenvalue weighted by molar-refractivity contribution is 7.17. The summed E-state index contributed by atoms with van der Waals surface area (Å²) in [6, 6.07) is 8.24. The van der Waals surface area contributed by atoms with Gasteiger partial charge in [0, 0.05) is 13.1 Å². The first kappa shape index (κ1) is 24.5. The fraction of sp³-hybridized carbons (Fsp3) is 0.360. The minimum absolute atomic E-state index is 0.0830. The molecule has 6 rings (SSSR count). The molecule has 5 aromatic rings. The number of aliphatic hydroxyl groups is 1. The third-order valence-corrected chi connectivity index (χ3v) is 7.82. The number of halogens is 1. The third-order valence-electron chi connectivity index (χ3n) is 6.85. The van der Waals surface area contributed by atoms with Crippen LogP contribution >= 0.6 is 11.3 Å². The van der Waals surface area contributed by atoms with Gasteiger partial charge >= 0.3 is 4.87 Å². The number of rotatable bonds is 8. The fourth-order valence-corrected chi connectivity index (χ4v) is 5.87. The van der Waals surface area contributed by atoms with Crippen molar-refractivity contribution in [3.05, 3.63) is 57.6 Å². The number of nitrogen functional groups attached to an aromatic ring is 1. The van der Waals surface area contributed by atoms with Crippen LogP contribution in [0.25, 0.3) is 27.6 Å². The third kappa shape index (κ3) is 4.52. The molecule has 4 aromatic heterocycles. The molecule has 0 unspecified atom stereocenters. The number of fused-ring (bicyclic) bond motifs is 3. The van der Waals surface area contributed by atoms with Crippen LogP contribution in [0.1, 0.15) is 24.3 Å². The van der Waals surface area contributed by atoms with Gasteiger partial charge in [-0.05, 0) is 67.7 Å². The molecule has 0 amide bonds. The molecule has 0 atom stereocenters. The summed E-state index contributed by atoms with van der Waals surface area (Å²) >= 11 is 1.07. The molecule has 0 bridgehead atoms. The van der Waals surface area contributed by atoms with E-state index in [-0.39, 0.29) is 35.8 Å². The second kappa shape index (κ2) is 10.2. The summed E-state index contributed by atoms with van der Waals surface area (Å²) in [5.74, 6) is 1.41. The standard InChI is InChI=1S/C25H26FN7O4S/c26-18-4-3-16(36-13-11-34)14-17(18)15-5-7-31(8-6-15)9-10-32-22-20(38-25(32)35)23-28-21(19-2-1-12-37-19)30-33(23)24(27)29-22/h1-4,12,14-15,34H,5-11,13H2,(H2,27,29). The maximum absolute atomic E-state index is 14.5. The topological polar surface area (TPSA) is 137 Å². The molecule has 0 spiro atoms. The van der Waals surface area contributed by atoms with Crippen LogP contribution in [0.3, 0.4) is 0 Å². The second-order valence-electron chi connectivity index (χ2n) is 9.16. The van der Waals surface area contributed by atoms with Crippen molar-refractivity contribution in [3.8, 4) is 17.3 Å². The van der Waals surface area contributed by atoms with Crippen LogP contribution in [-0.4, -0.2) is 67.0 Å². The molecule has 0 aliphatic carbocycles. The van der Waals surface area contributed by atoms with E-state index >= 15 is 0 Å². The van der Waals surface area contributed by atoms with Gasteiger partial charge in [0.2, 0.25) is 11.8 Å². The van der Waals surface area contributed by atoms with Gasteiger partial charge in [0.1, 0.15) is 22.9 Å². The van der Waals surface area contributed by atoms with Crippen LogP contribution < -0.4 is 15.3 Å².